The van der Waals surface area contributed by atoms with Gasteiger partial charge in [-0.25, -0.2) is 0 Å². The number of thiophene rings is 1. The van der Waals surface area contributed by atoms with Crippen molar-refractivity contribution in [1.82, 2.24) is 0 Å². The van der Waals surface area contributed by atoms with Gasteiger partial charge >= 0.3 is 0 Å². The summed E-state index contributed by atoms with van der Waals surface area (Å²) in [4.78, 5) is 14.9. The van der Waals surface area contributed by atoms with Crippen LogP contribution in [0.4, 0.5) is 5.69 Å². The van der Waals surface area contributed by atoms with Crippen LogP contribution in [0, 0.1) is 0 Å². The van der Waals surface area contributed by atoms with E-state index in [0.29, 0.717) is 0 Å². The van der Waals surface area contributed by atoms with Crippen LogP contribution >= 0.6 is 38.9 Å². The SMILES string of the molecule is CC(=O)c1ccc(Br)cc1N(C)Cc1ccc(Cl)s1. The van der Waals surface area contributed by atoms with E-state index in [1.54, 1.807) is 18.3 Å². The Balaban J connectivity index is 2.29. The average Bonchev–Trinajstić information content (AvgIpc) is 2.74. The molecule has 0 bridgehead atoms. The smallest absolute Gasteiger partial charge is 0.161 e. The average molecular weight is 359 g/mol. The maximum absolute atomic E-state index is 11.7. The maximum atomic E-state index is 11.7. The van der Waals surface area contributed by atoms with Crippen molar-refractivity contribution in [1.29, 1.82) is 0 Å². The third kappa shape index (κ3) is 3.59. The van der Waals surface area contributed by atoms with Crippen LogP contribution in [-0.2, 0) is 6.54 Å². The normalized spacial score (nSPS) is 10.5. The topological polar surface area (TPSA) is 20.3 Å². The van der Waals surface area contributed by atoms with E-state index >= 15 is 0 Å². The van der Waals surface area contributed by atoms with Crippen molar-refractivity contribution >= 4 is 50.3 Å². The number of carbonyl (C=O) groups is 1. The molecule has 0 spiro atoms. The van der Waals surface area contributed by atoms with E-state index in [0.717, 1.165) is 26.6 Å². The van der Waals surface area contributed by atoms with Crippen LogP contribution in [0.1, 0.15) is 22.2 Å². The Morgan fingerprint density at radius 3 is 2.68 bits per heavy atom. The van der Waals surface area contributed by atoms with Crippen molar-refractivity contribution in [2.45, 2.75) is 13.5 Å². The Kier molecular flexibility index (Phi) is 4.66. The van der Waals surface area contributed by atoms with Crippen LogP contribution in [0.25, 0.3) is 0 Å². The fourth-order valence-electron chi connectivity index (χ4n) is 1.87. The second-order valence-electron chi connectivity index (χ2n) is 4.28. The zero-order valence-corrected chi connectivity index (χ0v) is 13.8. The van der Waals surface area contributed by atoms with E-state index in [9.17, 15) is 4.79 Å². The van der Waals surface area contributed by atoms with Crippen molar-refractivity contribution in [3.63, 3.8) is 0 Å². The van der Waals surface area contributed by atoms with Gasteiger partial charge in [-0.1, -0.05) is 27.5 Å². The first-order chi connectivity index (χ1) is 8.97. The van der Waals surface area contributed by atoms with Crippen LogP contribution in [0.3, 0.4) is 0 Å². The number of carbonyl (C=O) groups excluding carboxylic acids is 1. The minimum Gasteiger partial charge on any atom is -0.369 e. The molecule has 19 heavy (non-hydrogen) atoms. The number of Topliss-reactive ketones (excluding diaryl/α,β-unsaturated/α-hetero) is 1. The van der Waals surface area contributed by atoms with Gasteiger partial charge in [0.25, 0.3) is 0 Å². The highest BCUT2D eigenvalue weighted by Gasteiger charge is 2.12. The number of ketones is 1. The van der Waals surface area contributed by atoms with Crippen molar-refractivity contribution in [2.75, 3.05) is 11.9 Å². The minimum absolute atomic E-state index is 0.0681. The Morgan fingerprint density at radius 2 is 2.11 bits per heavy atom. The lowest BCUT2D eigenvalue weighted by molar-refractivity contribution is 0.101. The zero-order chi connectivity index (χ0) is 14.0. The van der Waals surface area contributed by atoms with Gasteiger partial charge < -0.3 is 4.90 Å². The van der Waals surface area contributed by atoms with Gasteiger partial charge in [-0.3, -0.25) is 4.79 Å². The van der Waals surface area contributed by atoms with Crippen LogP contribution in [-0.4, -0.2) is 12.8 Å². The predicted molar refractivity (Wildman–Crippen MR) is 85.6 cm³/mol. The molecule has 0 unspecified atom stereocenters. The number of hydrogen-bond acceptors (Lipinski definition) is 3. The predicted octanol–water partition coefficient (Wildman–Crippen LogP) is 5.00. The second-order valence-corrected chi connectivity index (χ2v) is 6.99. The molecule has 2 nitrogen and oxygen atoms in total. The Hall–Kier alpha value is -0.840. The van der Waals surface area contributed by atoms with Gasteiger partial charge in [-0.15, -0.1) is 11.3 Å². The van der Waals surface area contributed by atoms with Gasteiger partial charge in [0.15, 0.2) is 5.78 Å². The van der Waals surface area contributed by atoms with Crippen LogP contribution < -0.4 is 4.90 Å². The van der Waals surface area contributed by atoms with Crippen molar-refractivity contribution < 1.29 is 4.79 Å². The summed E-state index contributed by atoms with van der Waals surface area (Å²) in [5.74, 6) is 0.0681. The summed E-state index contributed by atoms with van der Waals surface area (Å²) < 4.78 is 1.74. The fourth-order valence-corrected chi connectivity index (χ4v) is 3.36. The van der Waals surface area contributed by atoms with E-state index in [1.807, 2.05) is 37.4 Å². The first-order valence-electron chi connectivity index (χ1n) is 5.73. The molecular weight excluding hydrogens is 346 g/mol. The number of rotatable bonds is 4. The van der Waals surface area contributed by atoms with E-state index in [4.69, 9.17) is 11.6 Å². The molecule has 1 aromatic heterocycles. The fraction of sp³-hybridized carbons (Fsp3) is 0.214. The maximum Gasteiger partial charge on any atom is 0.161 e. The zero-order valence-electron chi connectivity index (χ0n) is 10.6. The van der Waals surface area contributed by atoms with E-state index < -0.39 is 0 Å². The van der Waals surface area contributed by atoms with Crippen molar-refractivity contribution in [2.24, 2.45) is 0 Å². The summed E-state index contributed by atoms with van der Waals surface area (Å²) in [6.07, 6.45) is 0. The summed E-state index contributed by atoms with van der Waals surface area (Å²) in [7, 11) is 1.97. The first kappa shape index (κ1) is 14.6. The standard InChI is InChI=1S/C14H13BrClNOS/c1-9(18)12-5-3-10(15)7-13(12)17(2)8-11-4-6-14(16)19-11/h3-7H,8H2,1-2H3. The third-order valence-corrected chi connectivity index (χ3v) is 4.48. The highest BCUT2D eigenvalue weighted by molar-refractivity contribution is 9.10. The Labute approximate surface area is 130 Å². The summed E-state index contributed by atoms with van der Waals surface area (Å²) in [5, 5.41) is 0. The molecule has 5 heteroatoms. The van der Waals surface area contributed by atoms with Gasteiger partial charge in [-0.2, -0.15) is 0 Å². The van der Waals surface area contributed by atoms with Crippen molar-refractivity contribution in [3.8, 4) is 0 Å². The number of hydrogen-bond donors (Lipinski definition) is 0. The Bertz CT molecular complexity index is 611. The molecule has 0 fully saturated rings. The highest BCUT2D eigenvalue weighted by atomic mass is 79.9. The highest BCUT2D eigenvalue weighted by Crippen LogP contribution is 2.28. The van der Waals surface area contributed by atoms with Gasteiger partial charge in [-0.05, 0) is 37.3 Å². The minimum atomic E-state index is 0.0681. The first-order valence-corrected chi connectivity index (χ1v) is 7.72. The molecule has 0 amide bonds. The molecule has 0 N–H and O–H groups in total. The van der Waals surface area contributed by atoms with E-state index in [2.05, 4.69) is 20.8 Å². The Morgan fingerprint density at radius 1 is 1.37 bits per heavy atom. The van der Waals surface area contributed by atoms with Crippen LogP contribution in [0.2, 0.25) is 4.34 Å². The molecule has 2 rings (SSSR count). The van der Waals surface area contributed by atoms with Gasteiger partial charge in [0.05, 0.1) is 10.9 Å². The summed E-state index contributed by atoms with van der Waals surface area (Å²) in [6.45, 7) is 2.32. The van der Waals surface area contributed by atoms with Gasteiger partial charge in [0.2, 0.25) is 0 Å². The number of benzene rings is 1. The molecule has 0 saturated carbocycles. The molecule has 0 atom stereocenters. The van der Waals surface area contributed by atoms with E-state index in [-0.39, 0.29) is 5.78 Å². The molecule has 100 valence electrons. The summed E-state index contributed by atoms with van der Waals surface area (Å²) in [5.41, 5.74) is 1.65. The molecular formula is C14H13BrClNOS. The molecule has 1 heterocycles. The summed E-state index contributed by atoms with van der Waals surface area (Å²) in [6, 6.07) is 9.60. The number of anilines is 1. The molecule has 2 aromatic rings. The van der Waals surface area contributed by atoms with Gasteiger partial charge in [0, 0.05) is 27.6 Å². The molecule has 0 radical (unpaired) electrons. The van der Waals surface area contributed by atoms with Crippen LogP contribution in [0.5, 0.6) is 0 Å². The van der Waals surface area contributed by atoms with E-state index in [1.165, 1.54) is 4.88 Å². The monoisotopic (exact) mass is 357 g/mol. The largest absolute Gasteiger partial charge is 0.369 e. The molecule has 0 saturated heterocycles. The lowest BCUT2D eigenvalue weighted by Gasteiger charge is -2.21. The third-order valence-electron chi connectivity index (χ3n) is 2.77. The molecule has 0 aliphatic rings. The quantitative estimate of drug-likeness (QED) is 0.717. The molecule has 0 aliphatic heterocycles. The van der Waals surface area contributed by atoms with Gasteiger partial charge in [0.1, 0.15) is 0 Å². The lowest BCUT2D eigenvalue weighted by Crippen LogP contribution is -2.18. The van der Waals surface area contributed by atoms with Crippen molar-refractivity contribution in [3.05, 3.63) is 49.6 Å². The number of halogens is 2. The summed E-state index contributed by atoms with van der Waals surface area (Å²) >= 11 is 10.9. The van der Waals surface area contributed by atoms with Crippen LogP contribution in [0.15, 0.2) is 34.8 Å². The molecule has 1 aromatic carbocycles. The number of nitrogens with zero attached hydrogens (tertiary/aromatic N) is 1. The second kappa shape index (κ2) is 6.07. The molecule has 0 aliphatic carbocycles. The lowest BCUT2D eigenvalue weighted by atomic mass is 10.1.